The number of anilines is 1. The Bertz CT molecular complexity index is 922. The summed E-state index contributed by atoms with van der Waals surface area (Å²) in [6.07, 6.45) is 0.377. The number of aryl methyl sites for hydroxylation is 1. The summed E-state index contributed by atoms with van der Waals surface area (Å²) in [4.78, 5) is 18.7. The van der Waals surface area contributed by atoms with Crippen LogP contribution in [-0.2, 0) is 11.3 Å². The third kappa shape index (κ3) is 3.86. The lowest BCUT2D eigenvalue weighted by molar-refractivity contribution is -0.117. The van der Waals surface area contributed by atoms with E-state index in [2.05, 4.69) is 10.1 Å². The molecule has 1 atom stereocenters. The van der Waals surface area contributed by atoms with Crippen LogP contribution in [-0.4, -0.2) is 22.6 Å². The van der Waals surface area contributed by atoms with Gasteiger partial charge in [0.25, 0.3) is 0 Å². The van der Waals surface area contributed by atoms with Gasteiger partial charge in [0.05, 0.1) is 5.92 Å². The molecule has 1 aromatic heterocycles. The molecule has 7 heteroatoms. The summed E-state index contributed by atoms with van der Waals surface area (Å²) < 4.78 is 5.45. The van der Waals surface area contributed by atoms with Crippen molar-refractivity contribution < 1.29 is 9.32 Å². The summed E-state index contributed by atoms with van der Waals surface area (Å²) in [5, 5.41) is 4.07. The minimum Gasteiger partial charge on any atom is -0.339 e. The van der Waals surface area contributed by atoms with Crippen LogP contribution in [0, 0.1) is 6.92 Å². The van der Waals surface area contributed by atoms with Crippen LogP contribution in [0.2, 0.25) is 0 Å². The molecule has 3 aromatic rings. The van der Waals surface area contributed by atoms with Gasteiger partial charge < -0.3 is 15.2 Å². The van der Waals surface area contributed by atoms with E-state index < -0.39 is 0 Å². The second kappa shape index (κ2) is 7.90. The molecule has 2 heterocycles. The van der Waals surface area contributed by atoms with E-state index >= 15 is 0 Å². The predicted molar refractivity (Wildman–Crippen MR) is 106 cm³/mol. The maximum atomic E-state index is 12.4. The topological polar surface area (TPSA) is 85.2 Å². The Morgan fingerprint density at radius 2 is 1.85 bits per heavy atom. The number of hydrogen-bond acceptors (Lipinski definition) is 5. The van der Waals surface area contributed by atoms with Crippen LogP contribution >= 0.6 is 12.4 Å². The molecule has 2 N–H and O–H groups in total. The van der Waals surface area contributed by atoms with Crippen molar-refractivity contribution in [3.05, 3.63) is 65.5 Å². The van der Waals surface area contributed by atoms with Crippen LogP contribution in [0.25, 0.3) is 11.4 Å². The van der Waals surface area contributed by atoms with Crippen molar-refractivity contribution in [3.8, 4) is 11.4 Å². The molecule has 1 saturated heterocycles. The second-order valence-corrected chi connectivity index (χ2v) is 6.60. The Morgan fingerprint density at radius 1 is 1.15 bits per heavy atom. The molecular weight excluding hydrogens is 364 g/mol. The fourth-order valence-corrected chi connectivity index (χ4v) is 3.16. The number of benzene rings is 2. The fraction of sp³-hybridized carbons (Fsp3) is 0.250. The number of hydrogen-bond donors (Lipinski definition) is 1. The van der Waals surface area contributed by atoms with E-state index in [0.717, 1.165) is 16.8 Å². The summed E-state index contributed by atoms with van der Waals surface area (Å²) >= 11 is 0. The number of carbonyl (C=O) groups is 1. The molecule has 0 aliphatic carbocycles. The van der Waals surface area contributed by atoms with E-state index in [1.165, 1.54) is 5.56 Å². The molecule has 140 valence electrons. The highest BCUT2D eigenvalue weighted by atomic mass is 35.5. The lowest BCUT2D eigenvalue weighted by Gasteiger charge is -2.16. The highest BCUT2D eigenvalue weighted by Crippen LogP contribution is 2.32. The lowest BCUT2D eigenvalue weighted by Crippen LogP contribution is -2.24. The molecule has 0 bridgehead atoms. The van der Waals surface area contributed by atoms with Gasteiger partial charge in [0.2, 0.25) is 17.6 Å². The first kappa shape index (κ1) is 19.1. The average molecular weight is 385 g/mol. The minimum atomic E-state index is -0.0895. The Hall–Kier alpha value is -2.70. The number of nitrogens with two attached hydrogens (primary N) is 1. The van der Waals surface area contributed by atoms with Crippen LogP contribution in [0.4, 0.5) is 5.69 Å². The monoisotopic (exact) mass is 384 g/mol. The average Bonchev–Trinajstić information content (AvgIpc) is 3.29. The van der Waals surface area contributed by atoms with E-state index in [9.17, 15) is 4.79 Å². The smallest absolute Gasteiger partial charge is 0.232 e. The van der Waals surface area contributed by atoms with Crippen LogP contribution in [0.1, 0.15) is 29.4 Å². The largest absolute Gasteiger partial charge is 0.339 e. The molecule has 2 aromatic carbocycles. The molecule has 1 unspecified atom stereocenters. The van der Waals surface area contributed by atoms with Crippen molar-refractivity contribution in [2.75, 3.05) is 11.4 Å². The highest BCUT2D eigenvalue weighted by Gasteiger charge is 2.35. The van der Waals surface area contributed by atoms with Gasteiger partial charge in [-0.05, 0) is 24.6 Å². The van der Waals surface area contributed by atoms with Gasteiger partial charge in [0, 0.05) is 30.8 Å². The van der Waals surface area contributed by atoms with E-state index in [1.54, 1.807) is 4.90 Å². The van der Waals surface area contributed by atoms with Gasteiger partial charge in [-0.2, -0.15) is 4.98 Å². The van der Waals surface area contributed by atoms with Crippen molar-refractivity contribution >= 4 is 24.0 Å². The summed E-state index contributed by atoms with van der Waals surface area (Å²) in [6, 6.07) is 15.7. The third-order valence-electron chi connectivity index (χ3n) is 4.71. The summed E-state index contributed by atoms with van der Waals surface area (Å²) in [7, 11) is 0. The molecule has 6 nitrogen and oxygen atoms in total. The molecule has 1 aliphatic rings. The van der Waals surface area contributed by atoms with Crippen molar-refractivity contribution in [2.45, 2.75) is 25.8 Å². The van der Waals surface area contributed by atoms with E-state index in [1.807, 2.05) is 55.5 Å². The van der Waals surface area contributed by atoms with E-state index in [0.29, 0.717) is 31.2 Å². The van der Waals surface area contributed by atoms with Crippen molar-refractivity contribution in [2.24, 2.45) is 5.73 Å². The third-order valence-corrected chi connectivity index (χ3v) is 4.71. The molecule has 27 heavy (non-hydrogen) atoms. The van der Waals surface area contributed by atoms with Gasteiger partial charge in [0.15, 0.2) is 0 Å². The lowest BCUT2D eigenvalue weighted by atomic mass is 10.1. The van der Waals surface area contributed by atoms with Crippen molar-refractivity contribution in [1.82, 2.24) is 10.1 Å². The molecule has 1 aliphatic heterocycles. The molecule has 4 rings (SSSR count). The number of halogens is 1. The van der Waals surface area contributed by atoms with Crippen molar-refractivity contribution in [1.29, 1.82) is 0 Å². The Morgan fingerprint density at radius 3 is 2.52 bits per heavy atom. The first-order valence-corrected chi connectivity index (χ1v) is 8.64. The number of rotatable bonds is 4. The van der Waals surface area contributed by atoms with Crippen LogP contribution in [0.3, 0.4) is 0 Å². The molecule has 0 spiro atoms. The number of amides is 1. The molecule has 1 fully saturated rings. The van der Waals surface area contributed by atoms with Crippen LogP contribution < -0.4 is 10.6 Å². The number of carbonyl (C=O) groups excluding carboxylic acids is 1. The summed E-state index contributed by atoms with van der Waals surface area (Å²) in [5.41, 5.74) is 9.61. The normalized spacial score (nSPS) is 16.4. The first-order valence-electron chi connectivity index (χ1n) is 8.64. The fourth-order valence-electron chi connectivity index (χ4n) is 3.16. The maximum Gasteiger partial charge on any atom is 0.232 e. The van der Waals surface area contributed by atoms with Gasteiger partial charge in [0.1, 0.15) is 0 Å². The second-order valence-electron chi connectivity index (χ2n) is 6.60. The molecule has 0 saturated carbocycles. The van der Waals surface area contributed by atoms with Gasteiger partial charge >= 0.3 is 0 Å². The molecule has 1 amide bonds. The molecular formula is C20H21ClN4O2. The molecule has 0 radical (unpaired) electrons. The standard InChI is InChI=1S/C20H20N4O2.ClH/c1-13-2-8-17(9-3-13)24-12-16(10-18(24)25)20-22-19(23-26-20)15-6-4-14(11-21)5-7-15;/h2-9,16H,10-12,21H2,1H3;1H. The van der Waals surface area contributed by atoms with Crippen LogP contribution in [0.15, 0.2) is 53.1 Å². The zero-order valence-electron chi connectivity index (χ0n) is 15.0. The Balaban J connectivity index is 0.00000210. The Kier molecular flexibility index (Phi) is 5.58. The number of nitrogens with zero attached hydrogens (tertiary/aromatic N) is 3. The zero-order chi connectivity index (χ0) is 18.1. The summed E-state index contributed by atoms with van der Waals surface area (Å²) in [6.45, 7) is 3.07. The SMILES string of the molecule is Cc1ccc(N2CC(c3nc(-c4ccc(CN)cc4)no3)CC2=O)cc1.Cl. The predicted octanol–water partition coefficient (Wildman–Crippen LogP) is 3.45. The van der Waals surface area contributed by atoms with E-state index in [4.69, 9.17) is 10.3 Å². The number of aromatic nitrogens is 2. The van der Waals surface area contributed by atoms with Gasteiger partial charge in [-0.25, -0.2) is 0 Å². The van der Waals surface area contributed by atoms with Gasteiger partial charge in [-0.3, -0.25) is 4.79 Å². The first-order chi connectivity index (χ1) is 12.6. The minimum absolute atomic E-state index is 0. The van der Waals surface area contributed by atoms with Crippen molar-refractivity contribution in [3.63, 3.8) is 0 Å². The highest BCUT2D eigenvalue weighted by molar-refractivity contribution is 5.96. The zero-order valence-corrected chi connectivity index (χ0v) is 15.8. The quantitative estimate of drug-likeness (QED) is 0.744. The summed E-state index contributed by atoms with van der Waals surface area (Å²) in [5.74, 6) is 1.02. The van der Waals surface area contributed by atoms with Crippen LogP contribution in [0.5, 0.6) is 0 Å². The maximum absolute atomic E-state index is 12.4. The van der Waals surface area contributed by atoms with Gasteiger partial charge in [-0.1, -0.05) is 47.1 Å². The Labute approximate surface area is 163 Å². The van der Waals surface area contributed by atoms with Gasteiger partial charge in [-0.15, -0.1) is 12.4 Å². The van der Waals surface area contributed by atoms with E-state index in [-0.39, 0.29) is 24.2 Å².